The van der Waals surface area contributed by atoms with Crippen LogP contribution in [-0.4, -0.2) is 38.2 Å². The highest BCUT2D eigenvalue weighted by Gasteiger charge is 2.13. The molecule has 3 heteroatoms. The Morgan fingerprint density at radius 1 is 0.743 bits per heavy atom. The Morgan fingerprint density at radius 3 is 1.97 bits per heavy atom. The van der Waals surface area contributed by atoms with Crippen LogP contribution in [0.3, 0.4) is 0 Å². The Balaban J connectivity index is 1.53. The molecule has 4 rings (SSSR count). The largest absolute Gasteiger partial charge is 0.497 e. The number of rotatable bonds is 9. The van der Waals surface area contributed by atoms with E-state index in [0.717, 1.165) is 25.3 Å². The standard InChI is InChI=1S/C32H40N2O/c1-3-31(26-16-20-30(35-2)21-17-26)32(27-12-8-7-9-13-27)28-14-18-29(19-15-28)33-22-25-34-23-10-5-4-6-11-24-34/h7-9,12-21,33H,3-6,10-11,22-25H2,1-2H3/b32-31-. The molecule has 0 aromatic heterocycles. The molecule has 0 saturated carbocycles. The lowest BCUT2D eigenvalue weighted by Gasteiger charge is -2.24. The molecule has 1 heterocycles. The summed E-state index contributed by atoms with van der Waals surface area (Å²) in [6, 6.07) is 28.2. The highest BCUT2D eigenvalue weighted by Crippen LogP contribution is 2.35. The zero-order chi connectivity index (χ0) is 24.3. The number of ether oxygens (including phenoxy) is 1. The van der Waals surface area contributed by atoms with E-state index in [1.54, 1.807) is 7.11 Å². The van der Waals surface area contributed by atoms with Gasteiger partial charge in [0.1, 0.15) is 5.75 Å². The summed E-state index contributed by atoms with van der Waals surface area (Å²) in [5.74, 6) is 0.886. The number of nitrogens with zero attached hydrogens (tertiary/aromatic N) is 1. The molecule has 0 radical (unpaired) electrons. The minimum Gasteiger partial charge on any atom is -0.497 e. The van der Waals surface area contributed by atoms with Crippen molar-refractivity contribution in [2.75, 3.05) is 38.6 Å². The Kier molecular flexibility index (Phi) is 9.42. The quantitative estimate of drug-likeness (QED) is 0.325. The third kappa shape index (κ3) is 6.99. The average molecular weight is 469 g/mol. The first-order valence-electron chi connectivity index (χ1n) is 13.3. The Morgan fingerprint density at radius 2 is 1.34 bits per heavy atom. The second-order valence-electron chi connectivity index (χ2n) is 9.42. The number of anilines is 1. The first kappa shape index (κ1) is 25.1. The lowest BCUT2D eigenvalue weighted by molar-refractivity contribution is 0.256. The van der Waals surface area contributed by atoms with Gasteiger partial charge in [0.25, 0.3) is 0 Å². The summed E-state index contributed by atoms with van der Waals surface area (Å²) in [6.07, 6.45) is 7.83. The van der Waals surface area contributed by atoms with Gasteiger partial charge in [-0.25, -0.2) is 0 Å². The smallest absolute Gasteiger partial charge is 0.118 e. The van der Waals surface area contributed by atoms with Crippen molar-refractivity contribution in [3.63, 3.8) is 0 Å². The van der Waals surface area contributed by atoms with Crippen LogP contribution in [0.2, 0.25) is 0 Å². The first-order valence-corrected chi connectivity index (χ1v) is 13.3. The van der Waals surface area contributed by atoms with Crippen LogP contribution in [-0.2, 0) is 0 Å². The van der Waals surface area contributed by atoms with Gasteiger partial charge in [0.05, 0.1) is 7.11 Å². The van der Waals surface area contributed by atoms with Crippen LogP contribution in [0.15, 0.2) is 78.9 Å². The highest BCUT2D eigenvalue weighted by atomic mass is 16.5. The van der Waals surface area contributed by atoms with Crippen LogP contribution in [0, 0.1) is 0 Å². The Hall–Kier alpha value is -3.04. The number of hydrogen-bond donors (Lipinski definition) is 1. The topological polar surface area (TPSA) is 24.5 Å². The van der Waals surface area contributed by atoms with Gasteiger partial charge in [0, 0.05) is 18.8 Å². The van der Waals surface area contributed by atoms with Gasteiger partial charge >= 0.3 is 0 Å². The number of nitrogens with one attached hydrogen (secondary N) is 1. The number of benzene rings is 3. The summed E-state index contributed by atoms with van der Waals surface area (Å²) >= 11 is 0. The van der Waals surface area contributed by atoms with Crippen LogP contribution in [0.25, 0.3) is 11.1 Å². The first-order chi connectivity index (χ1) is 17.3. The molecule has 0 bridgehead atoms. The lowest BCUT2D eigenvalue weighted by atomic mass is 9.88. The molecule has 1 N–H and O–H groups in total. The van der Waals surface area contributed by atoms with E-state index >= 15 is 0 Å². The summed E-state index contributed by atoms with van der Waals surface area (Å²) in [7, 11) is 1.71. The minimum atomic E-state index is 0.886. The zero-order valence-electron chi connectivity index (χ0n) is 21.4. The van der Waals surface area contributed by atoms with E-state index in [4.69, 9.17) is 4.74 Å². The fourth-order valence-electron chi connectivity index (χ4n) is 5.09. The third-order valence-corrected chi connectivity index (χ3v) is 7.04. The summed E-state index contributed by atoms with van der Waals surface area (Å²) in [5, 5.41) is 3.65. The summed E-state index contributed by atoms with van der Waals surface area (Å²) in [5.41, 5.74) is 7.57. The summed E-state index contributed by atoms with van der Waals surface area (Å²) in [6.45, 7) is 6.85. The molecule has 1 fully saturated rings. The van der Waals surface area contributed by atoms with Crippen molar-refractivity contribution in [2.45, 2.75) is 45.4 Å². The van der Waals surface area contributed by atoms with Gasteiger partial charge in [0.2, 0.25) is 0 Å². The van der Waals surface area contributed by atoms with Crippen LogP contribution in [0.4, 0.5) is 5.69 Å². The zero-order valence-corrected chi connectivity index (χ0v) is 21.4. The van der Waals surface area contributed by atoms with Crippen molar-refractivity contribution in [3.8, 4) is 5.75 Å². The highest BCUT2D eigenvalue weighted by molar-refractivity contribution is 5.98. The lowest BCUT2D eigenvalue weighted by Crippen LogP contribution is -2.31. The van der Waals surface area contributed by atoms with Crippen LogP contribution in [0.1, 0.15) is 62.1 Å². The van der Waals surface area contributed by atoms with Gasteiger partial charge in [-0.2, -0.15) is 0 Å². The summed E-state index contributed by atoms with van der Waals surface area (Å²) in [4.78, 5) is 2.62. The van der Waals surface area contributed by atoms with Crippen LogP contribution >= 0.6 is 0 Å². The maximum atomic E-state index is 5.38. The van der Waals surface area contributed by atoms with Crippen molar-refractivity contribution in [2.24, 2.45) is 0 Å². The Bertz CT molecular complexity index is 1050. The molecule has 1 aliphatic rings. The molecule has 3 nitrogen and oxygen atoms in total. The number of likely N-dealkylation sites (tertiary alicyclic amines) is 1. The SMILES string of the molecule is CC/C(=C(\c1ccccc1)c1ccc(NCCN2CCCCCCC2)cc1)c1ccc(OC)cc1. The van der Waals surface area contributed by atoms with E-state index in [-0.39, 0.29) is 0 Å². The molecule has 35 heavy (non-hydrogen) atoms. The van der Waals surface area contributed by atoms with Crippen LogP contribution < -0.4 is 10.1 Å². The molecule has 1 saturated heterocycles. The van der Waals surface area contributed by atoms with Gasteiger partial charge in [-0.05, 0) is 84.5 Å². The molecule has 184 valence electrons. The molecule has 3 aromatic carbocycles. The molecule has 0 spiro atoms. The van der Waals surface area contributed by atoms with E-state index in [1.165, 1.54) is 78.7 Å². The number of allylic oxidation sites excluding steroid dienone is 1. The van der Waals surface area contributed by atoms with Crippen molar-refractivity contribution in [3.05, 3.63) is 95.6 Å². The molecule has 3 aromatic rings. The fraction of sp³-hybridized carbons (Fsp3) is 0.375. The van der Waals surface area contributed by atoms with Crippen LogP contribution in [0.5, 0.6) is 5.75 Å². The molecule has 1 aliphatic heterocycles. The van der Waals surface area contributed by atoms with Crippen molar-refractivity contribution < 1.29 is 4.74 Å². The molecule has 0 unspecified atom stereocenters. The van der Waals surface area contributed by atoms with Gasteiger partial charge in [-0.1, -0.05) is 80.8 Å². The van der Waals surface area contributed by atoms with Crippen molar-refractivity contribution in [1.82, 2.24) is 4.90 Å². The second-order valence-corrected chi connectivity index (χ2v) is 9.42. The average Bonchev–Trinajstić information content (AvgIpc) is 2.89. The van der Waals surface area contributed by atoms with Gasteiger partial charge in [0.15, 0.2) is 0 Å². The van der Waals surface area contributed by atoms with E-state index in [1.807, 2.05) is 12.1 Å². The van der Waals surface area contributed by atoms with E-state index < -0.39 is 0 Å². The van der Waals surface area contributed by atoms with E-state index in [0.29, 0.717) is 0 Å². The monoisotopic (exact) mass is 468 g/mol. The molecular formula is C32H40N2O. The minimum absolute atomic E-state index is 0.886. The predicted octanol–water partition coefficient (Wildman–Crippen LogP) is 7.74. The maximum Gasteiger partial charge on any atom is 0.118 e. The van der Waals surface area contributed by atoms with E-state index in [9.17, 15) is 0 Å². The second kappa shape index (κ2) is 13.2. The number of methoxy groups -OCH3 is 1. The van der Waals surface area contributed by atoms with Gasteiger partial charge in [-0.3, -0.25) is 0 Å². The Labute approximate surface area is 211 Å². The predicted molar refractivity (Wildman–Crippen MR) is 150 cm³/mol. The molecule has 0 atom stereocenters. The van der Waals surface area contributed by atoms with Gasteiger partial charge < -0.3 is 15.0 Å². The fourth-order valence-corrected chi connectivity index (χ4v) is 5.09. The molecular weight excluding hydrogens is 428 g/mol. The van der Waals surface area contributed by atoms with Gasteiger partial charge in [-0.15, -0.1) is 0 Å². The molecule has 0 amide bonds. The maximum absolute atomic E-state index is 5.38. The normalized spacial score (nSPS) is 15.6. The van der Waals surface area contributed by atoms with Crippen molar-refractivity contribution in [1.29, 1.82) is 0 Å². The molecule has 0 aliphatic carbocycles. The third-order valence-electron chi connectivity index (χ3n) is 7.04. The van der Waals surface area contributed by atoms with E-state index in [2.05, 4.69) is 83.9 Å². The van der Waals surface area contributed by atoms with Crippen molar-refractivity contribution >= 4 is 16.8 Å². The summed E-state index contributed by atoms with van der Waals surface area (Å²) < 4.78 is 5.38. The number of hydrogen-bond acceptors (Lipinski definition) is 3.